The number of hydrogen-bond acceptors (Lipinski definition) is 5. The maximum Gasteiger partial charge on any atom is 0.112 e. The van der Waals surface area contributed by atoms with Crippen LogP contribution in [-0.2, 0) is 4.74 Å². The summed E-state index contributed by atoms with van der Waals surface area (Å²) in [6, 6.07) is -0.818. The van der Waals surface area contributed by atoms with Gasteiger partial charge in [-0.1, -0.05) is 0 Å². The van der Waals surface area contributed by atoms with Crippen molar-refractivity contribution >= 4 is 0 Å². The van der Waals surface area contributed by atoms with Crippen molar-refractivity contribution in [3.63, 3.8) is 0 Å². The summed E-state index contributed by atoms with van der Waals surface area (Å²) in [6.07, 6.45) is -1.90. The minimum atomic E-state index is -0.829. The van der Waals surface area contributed by atoms with Crippen molar-refractivity contribution < 1.29 is 14.9 Å². The smallest absolute Gasteiger partial charge is 0.112 e. The molecule has 0 heterocycles. The molecule has 1 saturated carbocycles. The van der Waals surface area contributed by atoms with E-state index in [1.165, 1.54) is 7.11 Å². The second-order valence-corrected chi connectivity index (χ2v) is 3.24. The Morgan fingerprint density at radius 2 is 1.58 bits per heavy atom. The molecule has 1 rings (SSSR count). The van der Waals surface area contributed by atoms with E-state index in [0.29, 0.717) is 6.42 Å². The maximum absolute atomic E-state index is 9.46. The monoisotopic (exact) mass is 176 g/mol. The highest BCUT2D eigenvalue weighted by atomic mass is 16.5. The Hall–Kier alpha value is -0.200. The highest BCUT2D eigenvalue weighted by Crippen LogP contribution is 2.19. The molecule has 72 valence electrons. The summed E-state index contributed by atoms with van der Waals surface area (Å²) in [7, 11) is 1.42. The summed E-state index contributed by atoms with van der Waals surface area (Å²) in [5.41, 5.74) is 11.2. The first-order valence-electron chi connectivity index (χ1n) is 3.98. The second-order valence-electron chi connectivity index (χ2n) is 3.24. The topological polar surface area (TPSA) is 102 Å². The van der Waals surface area contributed by atoms with Crippen LogP contribution in [0.15, 0.2) is 0 Å². The van der Waals surface area contributed by atoms with Gasteiger partial charge >= 0.3 is 0 Å². The lowest BCUT2D eigenvalue weighted by molar-refractivity contribution is -0.118. The van der Waals surface area contributed by atoms with Crippen LogP contribution < -0.4 is 11.5 Å². The Morgan fingerprint density at radius 3 is 1.92 bits per heavy atom. The van der Waals surface area contributed by atoms with Gasteiger partial charge in [0.05, 0.1) is 12.2 Å². The van der Waals surface area contributed by atoms with Gasteiger partial charge in [0.1, 0.15) is 6.10 Å². The van der Waals surface area contributed by atoms with Crippen molar-refractivity contribution in [3.05, 3.63) is 0 Å². The average molecular weight is 176 g/mol. The molecule has 1 unspecified atom stereocenters. The Kier molecular flexibility index (Phi) is 3.03. The average Bonchev–Trinajstić information content (AvgIpc) is 2.02. The largest absolute Gasteiger partial charge is 0.389 e. The normalized spacial score (nSPS) is 49.2. The fraction of sp³-hybridized carbons (Fsp3) is 1.00. The van der Waals surface area contributed by atoms with Gasteiger partial charge in [-0.05, 0) is 6.42 Å². The Bertz CT molecular complexity index is 142. The summed E-state index contributed by atoms with van der Waals surface area (Å²) in [5.74, 6) is 0. The minimum absolute atomic E-state index is 0.409. The van der Waals surface area contributed by atoms with E-state index in [-0.39, 0.29) is 0 Å². The van der Waals surface area contributed by atoms with Crippen LogP contribution in [0.1, 0.15) is 6.42 Å². The first-order chi connectivity index (χ1) is 5.57. The van der Waals surface area contributed by atoms with Crippen molar-refractivity contribution in [2.45, 2.75) is 36.8 Å². The minimum Gasteiger partial charge on any atom is -0.389 e. The molecule has 5 heteroatoms. The van der Waals surface area contributed by atoms with Crippen LogP contribution in [0, 0.1) is 0 Å². The van der Waals surface area contributed by atoms with E-state index < -0.39 is 30.4 Å². The fourth-order valence-electron chi connectivity index (χ4n) is 1.56. The Morgan fingerprint density at radius 1 is 1.17 bits per heavy atom. The third-order valence-electron chi connectivity index (χ3n) is 2.37. The van der Waals surface area contributed by atoms with E-state index in [1.807, 2.05) is 0 Å². The highest BCUT2D eigenvalue weighted by Gasteiger charge is 2.40. The molecule has 6 N–H and O–H groups in total. The van der Waals surface area contributed by atoms with Crippen LogP contribution in [0.25, 0.3) is 0 Å². The quantitative estimate of drug-likeness (QED) is 0.362. The Labute approximate surface area is 71.3 Å². The van der Waals surface area contributed by atoms with Crippen molar-refractivity contribution in [2.24, 2.45) is 11.5 Å². The molecule has 1 fully saturated rings. The summed E-state index contributed by atoms with van der Waals surface area (Å²) < 4.78 is 4.90. The summed E-state index contributed by atoms with van der Waals surface area (Å²) in [4.78, 5) is 0. The van der Waals surface area contributed by atoms with E-state index >= 15 is 0 Å². The molecular weight excluding hydrogens is 160 g/mol. The Balaban J connectivity index is 2.67. The van der Waals surface area contributed by atoms with Crippen LogP contribution >= 0.6 is 0 Å². The van der Waals surface area contributed by atoms with Crippen molar-refractivity contribution in [1.82, 2.24) is 0 Å². The number of ether oxygens (including phenoxy) is 1. The molecule has 0 aromatic heterocycles. The third-order valence-corrected chi connectivity index (χ3v) is 2.37. The van der Waals surface area contributed by atoms with Gasteiger partial charge in [0.15, 0.2) is 0 Å². The number of methoxy groups -OCH3 is 1. The predicted octanol–water partition coefficient (Wildman–Crippen LogP) is -2.22. The molecule has 1 aliphatic rings. The van der Waals surface area contributed by atoms with Gasteiger partial charge in [-0.2, -0.15) is 0 Å². The maximum atomic E-state index is 9.46. The van der Waals surface area contributed by atoms with Gasteiger partial charge in [0.2, 0.25) is 0 Å². The lowest BCUT2D eigenvalue weighted by atomic mass is 9.85. The molecule has 0 aromatic rings. The number of hydrogen-bond donors (Lipinski definition) is 4. The van der Waals surface area contributed by atoms with E-state index in [2.05, 4.69) is 0 Å². The third kappa shape index (κ3) is 1.60. The SMILES string of the molecule is COC1[C@@H](O)[C@H](N)C[C@H](N)[C@H]1O. The molecule has 0 bridgehead atoms. The molecular formula is C7H16N2O3. The van der Waals surface area contributed by atoms with Gasteiger partial charge in [-0.25, -0.2) is 0 Å². The van der Waals surface area contributed by atoms with E-state index in [1.54, 1.807) is 0 Å². The second kappa shape index (κ2) is 3.68. The van der Waals surface area contributed by atoms with E-state index in [9.17, 15) is 10.2 Å². The summed E-state index contributed by atoms with van der Waals surface area (Å²) in [6.45, 7) is 0. The lowest BCUT2D eigenvalue weighted by Gasteiger charge is -2.39. The highest BCUT2D eigenvalue weighted by molar-refractivity contribution is 4.97. The molecule has 0 spiro atoms. The van der Waals surface area contributed by atoms with Crippen molar-refractivity contribution in [1.29, 1.82) is 0 Å². The predicted molar refractivity (Wildman–Crippen MR) is 43.4 cm³/mol. The zero-order valence-corrected chi connectivity index (χ0v) is 7.05. The van der Waals surface area contributed by atoms with Crippen LogP contribution in [-0.4, -0.2) is 47.7 Å². The van der Waals surface area contributed by atoms with Gasteiger partial charge < -0.3 is 26.4 Å². The zero-order chi connectivity index (χ0) is 9.30. The summed E-state index contributed by atoms with van der Waals surface area (Å²) >= 11 is 0. The van der Waals surface area contributed by atoms with E-state index in [4.69, 9.17) is 16.2 Å². The van der Waals surface area contributed by atoms with Crippen LogP contribution in [0.2, 0.25) is 0 Å². The fourth-order valence-corrected chi connectivity index (χ4v) is 1.56. The molecule has 0 amide bonds. The molecule has 1 aliphatic carbocycles. The number of aliphatic hydroxyl groups excluding tert-OH is 2. The van der Waals surface area contributed by atoms with Crippen LogP contribution in [0.3, 0.4) is 0 Å². The molecule has 0 aromatic carbocycles. The standard InChI is InChI=1S/C7H16N2O3/c1-12-7-5(10)3(8)2-4(9)6(7)11/h3-7,10-11H,2,8-9H2,1H3/t3-,4+,5+,6-,7?. The lowest BCUT2D eigenvalue weighted by Crippen LogP contribution is -2.61. The van der Waals surface area contributed by atoms with Gasteiger partial charge in [-0.15, -0.1) is 0 Å². The molecule has 0 radical (unpaired) electrons. The zero-order valence-electron chi connectivity index (χ0n) is 7.05. The molecule has 12 heavy (non-hydrogen) atoms. The first-order valence-corrected chi connectivity index (χ1v) is 3.98. The number of nitrogens with two attached hydrogens (primary N) is 2. The van der Waals surface area contributed by atoms with Crippen LogP contribution in [0.4, 0.5) is 0 Å². The molecule has 0 aliphatic heterocycles. The number of rotatable bonds is 1. The van der Waals surface area contributed by atoms with Gasteiger partial charge in [-0.3, -0.25) is 0 Å². The summed E-state index contributed by atoms with van der Waals surface area (Å²) in [5, 5.41) is 18.9. The first kappa shape index (κ1) is 9.88. The van der Waals surface area contributed by atoms with Crippen LogP contribution in [0.5, 0.6) is 0 Å². The van der Waals surface area contributed by atoms with Crippen molar-refractivity contribution in [3.8, 4) is 0 Å². The van der Waals surface area contributed by atoms with Gasteiger partial charge in [0.25, 0.3) is 0 Å². The van der Waals surface area contributed by atoms with E-state index in [0.717, 1.165) is 0 Å². The molecule has 5 nitrogen and oxygen atoms in total. The molecule has 0 saturated heterocycles. The van der Waals surface area contributed by atoms with Crippen molar-refractivity contribution in [2.75, 3.05) is 7.11 Å². The molecule has 5 atom stereocenters. The van der Waals surface area contributed by atoms with Gasteiger partial charge in [0, 0.05) is 19.2 Å². The number of aliphatic hydroxyl groups is 2.